The van der Waals surface area contributed by atoms with E-state index in [1.54, 1.807) is 0 Å². The van der Waals surface area contributed by atoms with Gasteiger partial charge in [0.05, 0.1) is 5.69 Å². The standard InChI is InChI=1S/C17H23N3/c1-14(16-11-7-8-12-18-16)19-13-17(20(2)3)15-9-5-4-6-10-15/h4-12,14,17,19H,13H2,1-3H3. The largest absolute Gasteiger partial charge is 0.307 e. The molecule has 2 aromatic rings. The van der Waals surface area contributed by atoms with Crippen molar-refractivity contribution in [3.05, 3.63) is 66.0 Å². The lowest BCUT2D eigenvalue weighted by Gasteiger charge is -2.26. The van der Waals surface area contributed by atoms with Crippen molar-refractivity contribution in [1.29, 1.82) is 0 Å². The first-order chi connectivity index (χ1) is 9.68. The van der Waals surface area contributed by atoms with Crippen molar-refractivity contribution in [2.45, 2.75) is 19.0 Å². The minimum absolute atomic E-state index is 0.252. The van der Waals surface area contributed by atoms with E-state index in [0.29, 0.717) is 6.04 Å². The number of pyridine rings is 1. The topological polar surface area (TPSA) is 28.2 Å². The molecule has 0 fully saturated rings. The molecule has 0 radical (unpaired) electrons. The number of likely N-dealkylation sites (N-methyl/N-ethyl adjacent to an activating group) is 1. The Bertz CT molecular complexity index is 496. The molecule has 1 aromatic carbocycles. The fourth-order valence-corrected chi connectivity index (χ4v) is 2.30. The van der Waals surface area contributed by atoms with E-state index >= 15 is 0 Å². The van der Waals surface area contributed by atoms with Crippen LogP contribution in [0.2, 0.25) is 0 Å². The van der Waals surface area contributed by atoms with Crippen molar-refractivity contribution in [1.82, 2.24) is 15.2 Å². The normalized spacial score (nSPS) is 14.2. The van der Waals surface area contributed by atoms with Crippen LogP contribution in [0.3, 0.4) is 0 Å². The summed E-state index contributed by atoms with van der Waals surface area (Å²) < 4.78 is 0. The fourth-order valence-electron chi connectivity index (χ4n) is 2.30. The molecule has 3 nitrogen and oxygen atoms in total. The quantitative estimate of drug-likeness (QED) is 0.873. The molecule has 0 aliphatic rings. The Morgan fingerprint density at radius 1 is 1.05 bits per heavy atom. The molecule has 2 unspecified atom stereocenters. The highest BCUT2D eigenvalue weighted by molar-refractivity contribution is 5.19. The van der Waals surface area contributed by atoms with Gasteiger partial charge in [-0.1, -0.05) is 36.4 Å². The van der Waals surface area contributed by atoms with Crippen LogP contribution in [0.25, 0.3) is 0 Å². The Hall–Kier alpha value is -1.71. The van der Waals surface area contributed by atoms with Crippen LogP contribution in [0, 0.1) is 0 Å². The Kier molecular flexibility index (Phi) is 5.27. The molecule has 1 heterocycles. The molecule has 2 atom stereocenters. The summed E-state index contributed by atoms with van der Waals surface area (Å²) in [6.45, 7) is 3.05. The average Bonchev–Trinajstić information content (AvgIpc) is 2.49. The molecule has 0 amide bonds. The van der Waals surface area contributed by atoms with E-state index in [0.717, 1.165) is 12.2 Å². The molecular weight excluding hydrogens is 246 g/mol. The van der Waals surface area contributed by atoms with Crippen LogP contribution in [0.15, 0.2) is 54.7 Å². The van der Waals surface area contributed by atoms with Gasteiger partial charge in [0, 0.05) is 24.8 Å². The molecule has 0 aliphatic carbocycles. The Morgan fingerprint density at radius 3 is 2.35 bits per heavy atom. The summed E-state index contributed by atoms with van der Waals surface area (Å²) in [5.41, 5.74) is 2.41. The molecule has 0 saturated heterocycles. The van der Waals surface area contributed by atoms with E-state index in [-0.39, 0.29) is 6.04 Å². The molecule has 1 N–H and O–H groups in total. The van der Waals surface area contributed by atoms with Crippen LogP contribution in [-0.2, 0) is 0 Å². The number of hydrogen-bond donors (Lipinski definition) is 1. The van der Waals surface area contributed by atoms with Crippen molar-refractivity contribution in [3.8, 4) is 0 Å². The molecule has 0 aliphatic heterocycles. The molecule has 0 saturated carbocycles. The van der Waals surface area contributed by atoms with E-state index in [4.69, 9.17) is 0 Å². The predicted octanol–water partition coefficient (Wildman–Crippen LogP) is 3.04. The average molecular weight is 269 g/mol. The van der Waals surface area contributed by atoms with E-state index in [1.807, 2.05) is 18.3 Å². The zero-order valence-corrected chi connectivity index (χ0v) is 12.5. The van der Waals surface area contributed by atoms with E-state index in [1.165, 1.54) is 5.56 Å². The number of benzene rings is 1. The van der Waals surface area contributed by atoms with Gasteiger partial charge in [-0.25, -0.2) is 0 Å². The van der Waals surface area contributed by atoms with E-state index in [2.05, 4.69) is 72.6 Å². The van der Waals surface area contributed by atoms with Crippen LogP contribution < -0.4 is 5.32 Å². The summed E-state index contributed by atoms with van der Waals surface area (Å²) in [6, 6.07) is 17.2. The van der Waals surface area contributed by atoms with Gasteiger partial charge >= 0.3 is 0 Å². The van der Waals surface area contributed by atoms with Gasteiger partial charge in [0.1, 0.15) is 0 Å². The monoisotopic (exact) mass is 269 g/mol. The number of nitrogens with one attached hydrogen (secondary N) is 1. The van der Waals surface area contributed by atoms with Gasteiger partial charge in [0.2, 0.25) is 0 Å². The molecule has 2 rings (SSSR count). The zero-order valence-electron chi connectivity index (χ0n) is 12.5. The van der Waals surface area contributed by atoms with E-state index in [9.17, 15) is 0 Å². The maximum Gasteiger partial charge on any atom is 0.0570 e. The van der Waals surface area contributed by atoms with Gasteiger partial charge in [0.15, 0.2) is 0 Å². The number of nitrogens with zero attached hydrogens (tertiary/aromatic N) is 2. The second-order valence-electron chi connectivity index (χ2n) is 5.27. The lowest BCUT2D eigenvalue weighted by atomic mass is 10.1. The maximum atomic E-state index is 4.40. The highest BCUT2D eigenvalue weighted by atomic mass is 15.1. The molecule has 3 heteroatoms. The summed E-state index contributed by atoms with van der Waals surface area (Å²) in [6.07, 6.45) is 1.84. The zero-order chi connectivity index (χ0) is 14.4. The van der Waals surface area contributed by atoms with Crippen molar-refractivity contribution >= 4 is 0 Å². The summed E-state index contributed by atoms with van der Waals surface area (Å²) >= 11 is 0. The van der Waals surface area contributed by atoms with Gasteiger partial charge < -0.3 is 10.2 Å². The predicted molar refractivity (Wildman–Crippen MR) is 83.5 cm³/mol. The van der Waals surface area contributed by atoms with Crippen LogP contribution >= 0.6 is 0 Å². The lowest BCUT2D eigenvalue weighted by Crippen LogP contribution is -2.32. The van der Waals surface area contributed by atoms with Crippen LogP contribution in [-0.4, -0.2) is 30.5 Å². The third-order valence-electron chi connectivity index (χ3n) is 3.56. The van der Waals surface area contributed by atoms with E-state index < -0.39 is 0 Å². The molecule has 20 heavy (non-hydrogen) atoms. The van der Waals surface area contributed by atoms with Crippen molar-refractivity contribution in [2.75, 3.05) is 20.6 Å². The van der Waals surface area contributed by atoms with Gasteiger partial charge in [-0.3, -0.25) is 4.98 Å². The SMILES string of the molecule is CC(NCC(c1ccccc1)N(C)C)c1ccccn1. The maximum absolute atomic E-state index is 4.40. The first-order valence-electron chi connectivity index (χ1n) is 7.04. The van der Waals surface area contributed by atoms with Crippen molar-refractivity contribution in [2.24, 2.45) is 0 Å². The molecule has 0 bridgehead atoms. The summed E-state index contributed by atoms with van der Waals surface area (Å²) in [4.78, 5) is 6.64. The van der Waals surface area contributed by atoms with Gasteiger partial charge in [0.25, 0.3) is 0 Å². The minimum Gasteiger partial charge on any atom is -0.307 e. The first kappa shape index (κ1) is 14.7. The highest BCUT2D eigenvalue weighted by Crippen LogP contribution is 2.18. The molecule has 1 aromatic heterocycles. The second-order valence-corrected chi connectivity index (χ2v) is 5.27. The van der Waals surface area contributed by atoms with Crippen molar-refractivity contribution in [3.63, 3.8) is 0 Å². The van der Waals surface area contributed by atoms with Crippen LogP contribution in [0.4, 0.5) is 0 Å². The number of hydrogen-bond acceptors (Lipinski definition) is 3. The third-order valence-corrected chi connectivity index (χ3v) is 3.56. The number of aromatic nitrogens is 1. The fraction of sp³-hybridized carbons (Fsp3) is 0.353. The smallest absolute Gasteiger partial charge is 0.0570 e. The summed E-state index contributed by atoms with van der Waals surface area (Å²) in [5, 5.41) is 3.57. The second kappa shape index (κ2) is 7.17. The minimum atomic E-state index is 0.252. The Labute approximate surface area is 121 Å². The number of rotatable bonds is 6. The molecule has 106 valence electrons. The van der Waals surface area contributed by atoms with Crippen molar-refractivity contribution < 1.29 is 0 Å². The Balaban J connectivity index is 2.00. The van der Waals surface area contributed by atoms with Crippen LogP contribution in [0.1, 0.15) is 30.3 Å². The highest BCUT2D eigenvalue weighted by Gasteiger charge is 2.15. The third kappa shape index (κ3) is 3.89. The Morgan fingerprint density at radius 2 is 1.75 bits per heavy atom. The van der Waals surface area contributed by atoms with Gasteiger partial charge in [-0.2, -0.15) is 0 Å². The molecule has 0 spiro atoms. The van der Waals surface area contributed by atoms with Gasteiger partial charge in [-0.05, 0) is 38.7 Å². The van der Waals surface area contributed by atoms with Gasteiger partial charge in [-0.15, -0.1) is 0 Å². The summed E-state index contributed by atoms with van der Waals surface area (Å²) in [7, 11) is 4.23. The van der Waals surface area contributed by atoms with Crippen LogP contribution in [0.5, 0.6) is 0 Å². The molecular formula is C17H23N3. The lowest BCUT2D eigenvalue weighted by molar-refractivity contribution is 0.281. The first-order valence-corrected chi connectivity index (χ1v) is 7.04. The summed E-state index contributed by atoms with van der Waals surface area (Å²) in [5.74, 6) is 0.